The number of rotatable bonds is 6. The van der Waals surface area contributed by atoms with E-state index in [4.69, 9.17) is 0 Å². The fourth-order valence-corrected chi connectivity index (χ4v) is 1.16. The van der Waals surface area contributed by atoms with Crippen LogP contribution in [-0.2, 0) is 19.2 Å². The van der Waals surface area contributed by atoms with Crippen molar-refractivity contribution in [2.24, 2.45) is 0 Å². The SMILES string of the molecule is CCCCCC(=O)ONN1C(=O)C=CC1=O. The van der Waals surface area contributed by atoms with Gasteiger partial charge in [0.2, 0.25) is 0 Å². The molecular formula is C10H14N2O4. The molecular weight excluding hydrogens is 212 g/mol. The van der Waals surface area contributed by atoms with Gasteiger partial charge in [-0.1, -0.05) is 25.4 Å². The number of hydrogen-bond acceptors (Lipinski definition) is 5. The summed E-state index contributed by atoms with van der Waals surface area (Å²) in [6.45, 7) is 2.02. The van der Waals surface area contributed by atoms with Gasteiger partial charge in [-0.25, -0.2) is 0 Å². The van der Waals surface area contributed by atoms with E-state index in [1.165, 1.54) is 0 Å². The van der Waals surface area contributed by atoms with Crippen LogP contribution in [0.3, 0.4) is 0 Å². The molecule has 0 fully saturated rings. The van der Waals surface area contributed by atoms with E-state index in [0.717, 1.165) is 31.4 Å². The summed E-state index contributed by atoms with van der Waals surface area (Å²) in [5.74, 6) is -1.58. The lowest BCUT2D eigenvalue weighted by atomic mass is 10.2. The van der Waals surface area contributed by atoms with E-state index in [2.05, 4.69) is 4.84 Å². The van der Waals surface area contributed by atoms with Crippen molar-refractivity contribution in [3.63, 3.8) is 0 Å². The molecule has 1 aliphatic heterocycles. The van der Waals surface area contributed by atoms with Gasteiger partial charge in [0.25, 0.3) is 11.8 Å². The Bertz CT molecular complexity index is 307. The summed E-state index contributed by atoms with van der Waals surface area (Å²) in [6, 6.07) is 0. The van der Waals surface area contributed by atoms with Gasteiger partial charge in [-0.05, 0) is 6.42 Å². The molecule has 0 radical (unpaired) electrons. The minimum absolute atomic E-state index is 0.268. The summed E-state index contributed by atoms with van der Waals surface area (Å²) in [5.41, 5.74) is 2.03. The summed E-state index contributed by atoms with van der Waals surface area (Å²) < 4.78 is 0. The molecule has 1 heterocycles. The molecule has 6 heteroatoms. The van der Waals surface area contributed by atoms with Gasteiger partial charge in [-0.2, -0.15) is 5.01 Å². The highest BCUT2D eigenvalue weighted by Gasteiger charge is 2.24. The van der Waals surface area contributed by atoms with E-state index in [9.17, 15) is 14.4 Å². The van der Waals surface area contributed by atoms with E-state index < -0.39 is 17.8 Å². The molecule has 0 atom stereocenters. The molecule has 0 aromatic carbocycles. The molecule has 88 valence electrons. The molecule has 1 aliphatic rings. The zero-order chi connectivity index (χ0) is 12.0. The zero-order valence-corrected chi connectivity index (χ0v) is 9.06. The summed E-state index contributed by atoms with van der Waals surface area (Å²) in [5, 5.41) is 0.637. The van der Waals surface area contributed by atoms with Gasteiger partial charge in [0, 0.05) is 18.6 Å². The molecule has 0 saturated carbocycles. The first kappa shape index (κ1) is 12.4. The van der Waals surface area contributed by atoms with Crippen LogP contribution in [0.1, 0.15) is 32.6 Å². The van der Waals surface area contributed by atoms with Crippen molar-refractivity contribution in [3.8, 4) is 0 Å². The summed E-state index contributed by atoms with van der Waals surface area (Å²) in [4.78, 5) is 37.7. The van der Waals surface area contributed by atoms with Crippen molar-refractivity contribution in [2.75, 3.05) is 0 Å². The normalized spacial score (nSPS) is 14.7. The third kappa shape index (κ3) is 3.47. The first-order valence-corrected chi connectivity index (χ1v) is 5.16. The third-order valence-corrected chi connectivity index (χ3v) is 2.04. The lowest BCUT2D eigenvalue weighted by Gasteiger charge is -2.13. The average molecular weight is 226 g/mol. The quantitative estimate of drug-likeness (QED) is 0.404. The van der Waals surface area contributed by atoms with E-state index in [-0.39, 0.29) is 6.42 Å². The Morgan fingerprint density at radius 1 is 1.31 bits per heavy atom. The minimum Gasteiger partial charge on any atom is -0.350 e. The van der Waals surface area contributed by atoms with Gasteiger partial charge in [0.15, 0.2) is 0 Å². The van der Waals surface area contributed by atoms with Crippen LogP contribution in [-0.4, -0.2) is 22.8 Å². The van der Waals surface area contributed by atoms with Crippen LogP contribution in [0.4, 0.5) is 0 Å². The molecule has 0 aromatic heterocycles. The van der Waals surface area contributed by atoms with Crippen molar-refractivity contribution in [2.45, 2.75) is 32.6 Å². The first-order valence-electron chi connectivity index (χ1n) is 5.16. The number of amides is 2. The standard InChI is InChI=1S/C10H14N2O4/c1-2-3-4-5-10(15)16-11-12-8(13)6-7-9(12)14/h6-7,11H,2-5H2,1H3. The topological polar surface area (TPSA) is 75.7 Å². The van der Waals surface area contributed by atoms with Crippen molar-refractivity contribution >= 4 is 17.8 Å². The Balaban J connectivity index is 2.22. The molecule has 6 nitrogen and oxygen atoms in total. The Hall–Kier alpha value is -1.69. The molecule has 1 N–H and O–H groups in total. The first-order chi connectivity index (χ1) is 7.65. The van der Waals surface area contributed by atoms with Gasteiger partial charge < -0.3 is 4.84 Å². The number of nitrogens with one attached hydrogen (secondary N) is 1. The number of carbonyl (C=O) groups excluding carboxylic acids is 3. The van der Waals surface area contributed by atoms with E-state index >= 15 is 0 Å². The summed E-state index contributed by atoms with van der Waals surface area (Å²) in [7, 11) is 0. The van der Waals surface area contributed by atoms with Crippen LogP contribution in [0.2, 0.25) is 0 Å². The highest BCUT2D eigenvalue weighted by atomic mass is 16.7. The van der Waals surface area contributed by atoms with Crippen molar-refractivity contribution in [3.05, 3.63) is 12.2 Å². The molecule has 16 heavy (non-hydrogen) atoms. The van der Waals surface area contributed by atoms with Crippen LogP contribution in [0.15, 0.2) is 12.2 Å². The molecule has 1 rings (SSSR count). The molecule has 2 amide bonds. The molecule has 0 unspecified atom stereocenters. The number of unbranched alkanes of at least 4 members (excludes halogenated alkanes) is 2. The molecule has 0 aromatic rings. The number of carbonyl (C=O) groups is 3. The predicted molar refractivity (Wildman–Crippen MR) is 54.4 cm³/mol. The largest absolute Gasteiger partial charge is 0.350 e. The van der Waals surface area contributed by atoms with Crippen LogP contribution >= 0.6 is 0 Å². The summed E-state index contributed by atoms with van der Waals surface area (Å²) >= 11 is 0. The molecule has 0 saturated heterocycles. The number of hydrazine groups is 1. The maximum Gasteiger partial charge on any atom is 0.327 e. The van der Waals surface area contributed by atoms with Crippen molar-refractivity contribution in [1.82, 2.24) is 10.6 Å². The van der Waals surface area contributed by atoms with Gasteiger partial charge in [-0.15, -0.1) is 0 Å². The second-order valence-corrected chi connectivity index (χ2v) is 3.37. The fourth-order valence-electron chi connectivity index (χ4n) is 1.16. The number of nitrogens with zero attached hydrogens (tertiary/aromatic N) is 1. The van der Waals surface area contributed by atoms with Gasteiger partial charge in [-0.3, -0.25) is 14.4 Å². The second-order valence-electron chi connectivity index (χ2n) is 3.37. The Morgan fingerprint density at radius 2 is 1.94 bits per heavy atom. The molecule has 0 aliphatic carbocycles. The van der Waals surface area contributed by atoms with Crippen LogP contribution in [0, 0.1) is 0 Å². The van der Waals surface area contributed by atoms with E-state index in [1.807, 2.05) is 12.5 Å². The van der Waals surface area contributed by atoms with Gasteiger partial charge >= 0.3 is 5.97 Å². The monoisotopic (exact) mass is 226 g/mol. The highest BCUT2D eigenvalue weighted by molar-refractivity contribution is 6.12. The van der Waals surface area contributed by atoms with Gasteiger partial charge in [0.1, 0.15) is 0 Å². The van der Waals surface area contributed by atoms with Crippen LogP contribution in [0.25, 0.3) is 0 Å². The van der Waals surface area contributed by atoms with Crippen LogP contribution in [0.5, 0.6) is 0 Å². The van der Waals surface area contributed by atoms with Gasteiger partial charge in [0.05, 0.1) is 0 Å². The Morgan fingerprint density at radius 3 is 2.50 bits per heavy atom. The third-order valence-electron chi connectivity index (χ3n) is 2.04. The summed E-state index contributed by atoms with van der Waals surface area (Å²) in [6.07, 6.45) is 5.15. The van der Waals surface area contributed by atoms with Crippen molar-refractivity contribution in [1.29, 1.82) is 0 Å². The number of imide groups is 1. The van der Waals surface area contributed by atoms with Crippen LogP contribution < -0.4 is 5.59 Å². The molecule has 0 bridgehead atoms. The lowest BCUT2D eigenvalue weighted by molar-refractivity contribution is -0.172. The maximum absolute atomic E-state index is 11.1. The highest BCUT2D eigenvalue weighted by Crippen LogP contribution is 2.02. The van der Waals surface area contributed by atoms with E-state index in [0.29, 0.717) is 5.01 Å². The lowest BCUT2D eigenvalue weighted by Crippen LogP contribution is -2.43. The number of hydrogen-bond donors (Lipinski definition) is 1. The molecule has 0 spiro atoms. The zero-order valence-electron chi connectivity index (χ0n) is 9.06. The average Bonchev–Trinajstić information content (AvgIpc) is 2.57. The predicted octanol–water partition coefficient (Wildman–Crippen LogP) is 0.454. The van der Waals surface area contributed by atoms with Crippen molar-refractivity contribution < 1.29 is 19.2 Å². The fraction of sp³-hybridized carbons (Fsp3) is 0.500. The second kappa shape index (κ2) is 6.02. The Kier molecular flexibility index (Phi) is 4.65. The Labute approximate surface area is 93.2 Å². The smallest absolute Gasteiger partial charge is 0.327 e. The maximum atomic E-state index is 11.1. The minimum atomic E-state index is -0.550. The van der Waals surface area contributed by atoms with E-state index in [1.54, 1.807) is 0 Å².